The van der Waals surface area contributed by atoms with Gasteiger partial charge in [-0.15, -0.1) is 0 Å². The molecule has 2 saturated carbocycles. The van der Waals surface area contributed by atoms with E-state index in [9.17, 15) is 9.59 Å². The molecule has 1 aromatic carbocycles. The van der Waals surface area contributed by atoms with Crippen molar-refractivity contribution in [2.75, 3.05) is 0 Å². The van der Waals surface area contributed by atoms with Crippen LogP contribution in [0.2, 0.25) is 5.02 Å². The fraction of sp³-hybridized carbons (Fsp3) is 0.429. The maximum atomic E-state index is 12.0. The fourth-order valence-electron chi connectivity index (χ4n) is 2.45. The molecule has 3 rings (SSSR count). The maximum absolute atomic E-state index is 12.0. The summed E-state index contributed by atoms with van der Waals surface area (Å²) in [6, 6.07) is 7.48. The van der Waals surface area contributed by atoms with Gasteiger partial charge in [0.1, 0.15) is 5.54 Å². The Morgan fingerprint density at radius 3 is 2.58 bits per heavy atom. The third-order valence-corrected chi connectivity index (χ3v) is 4.30. The number of halogens is 1. The lowest BCUT2D eigenvalue weighted by Gasteiger charge is -2.12. The third-order valence-electron chi connectivity index (χ3n) is 3.95. The van der Waals surface area contributed by atoms with Crippen molar-refractivity contribution >= 4 is 23.5 Å². The molecular weight excluding hydrogens is 266 g/mol. The quantitative estimate of drug-likeness (QED) is 0.888. The van der Waals surface area contributed by atoms with Crippen molar-refractivity contribution < 1.29 is 14.7 Å². The van der Waals surface area contributed by atoms with E-state index in [2.05, 4.69) is 5.32 Å². The van der Waals surface area contributed by atoms with Crippen LogP contribution in [0.15, 0.2) is 24.3 Å². The molecule has 2 atom stereocenters. The molecular formula is C14H14ClNO3. The van der Waals surface area contributed by atoms with Crippen molar-refractivity contribution in [1.82, 2.24) is 5.32 Å². The average molecular weight is 280 g/mol. The Morgan fingerprint density at radius 1 is 1.32 bits per heavy atom. The minimum Gasteiger partial charge on any atom is -0.480 e. The lowest BCUT2D eigenvalue weighted by molar-refractivity contribution is -0.143. The van der Waals surface area contributed by atoms with Gasteiger partial charge in [0, 0.05) is 10.9 Å². The Balaban J connectivity index is 1.66. The van der Waals surface area contributed by atoms with Crippen LogP contribution in [0.1, 0.15) is 30.7 Å². The van der Waals surface area contributed by atoms with Crippen molar-refractivity contribution in [2.24, 2.45) is 5.92 Å². The highest BCUT2D eigenvalue weighted by Gasteiger charge is 2.55. The summed E-state index contributed by atoms with van der Waals surface area (Å²) >= 11 is 6.10. The number of rotatable bonds is 4. The predicted octanol–water partition coefficient (Wildman–Crippen LogP) is 2.18. The molecule has 100 valence electrons. The molecule has 1 amide bonds. The summed E-state index contributed by atoms with van der Waals surface area (Å²) in [4.78, 5) is 23.1. The summed E-state index contributed by atoms with van der Waals surface area (Å²) in [6.07, 6.45) is 1.79. The number of carbonyl (C=O) groups excluding carboxylic acids is 1. The molecule has 0 aromatic heterocycles. The summed E-state index contributed by atoms with van der Waals surface area (Å²) < 4.78 is 0. The summed E-state index contributed by atoms with van der Waals surface area (Å²) in [7, 11) is 0. The van der Waals surface area contributed by atoms with Crippen molar-refractivity contribution in [1.29, 1.82) is 0 Å². The monoisotopic (exact) mass is 279 g/mol. The van der Waals surface area contributed by atoms with Crippen LogP contribution in [0.25, 0.3) is 0 Å². The number of aliphatic carboxylic acids is 1. The Hall–Kier alpha value is -1.55. The Bertz CT molecular complexity index is 553. The number of carboxylic acids is 1. The second-order valence-electron chi connectivity index (χ2n) is 5.35. The van der Waals surface area contributed by atoms with Gasteiger partial charge in [-0.1, -0.05) is 29.8 Å². The van der Waals surface area contributed by atoms with Gasteiger partial charge in [-0.05, 0) is 36.8 Å². The van der Waals surface area contributed by atoms with Crippen molar-refractivity contribution in [3.8, 4) is 0 Å². The number of nitrogens with one attached hydrogen (secondary N) is 1. The van der Waals surface area contributed by atoms with Gasteiger partial charge in [-0.25, -0.2) is 4.79 Å². The van der Waals surface area contributed by atoms with Gasteiger partial charge in [0.15, 0.2) is 0 Å². The van der Waals surface area contributed by atoms with E-state index in [1.54, 1.807) is 0 Å². The van der Waals surface area contributed by atoms with Gasteiger partial charge in [0.05, 0.1) is 0 Å². The standard InChI is InChI=1S/C14H14ClNO3/c15-11-4-2-1-3-8(11)9-7-10(9)12(17)16-14(5-6-14)13(18)19/h1-4,9-10H,5-7H2,(H,16,17)(H,18,19)/t9-,10-/m0/s1. The molecule has 2 fully saturated rings. The van der Waals surface area contributed by atoms with E-state index < -0.39 is 11.5 Å². The molecule has 5 heteroatoms. The normalized spacial score (nSPS) is 26.6. The first-order chi connectivity index (χ1) is 9.03. The first kappa shape index (κ1) is 12.5. The highest BCUT2D eigenvalue weighted by Crippen LogP contribution is 2.50. The van der Waals surface area contributed by atoms with E-state index in [-0.39, 0.29) is 17.7 Å². The average Bonchev–Trinajstić information content (AvgIpc) is 3.23. The molecule has 0 aliphatic heterocycles. The van der Waals surface area contributed by atoms with Crippen molar-refractivity contribution in [2.45, 2.75) is 30.7 Å². The predicted molar refractivity (Wildman–Crippen MR) is 70.0 cm³/mol. The molecule has 0 bridgehead atoms. The smallest absolute Gasteiger partial charge is 0.329 e. The SMILES string of the molecule is O=C(NC1(C(=O)O)CC1)[C@H]1C[C@H]1c1ccccc1Cl. The van der Waals surface area contributed by atoms with Gasteiger partial charge in [-0.2, -0.15) is 0 Å². The second-order valence-corrected chi connectivity index (χ2v) is 5.75. The van der Waals surface area contributed by atoms with Crippen LogP contribution in [0.5, 0.6) is 0 Å². The molecule has 1 aromatic rings. The van der Waals surface area contributed by atoms with E-state index in [0.717, 1.165) is 12.0 Å². The maximum Gasteiger partial charge on any atom is 0.329 e. The van der Waals surface area contributed by atoms with Crippen LogP contribution < -0.4 is 5.32 Å². The summed E-state index contributed by atoms with van der Waals surface area (Å²) in [5, 5.41) is 12.4. The first-order valence-corrected chi connectivity index (χ1v) is 6.71. The van der Waals surface area contributed by atoms with Crippen LogP contribution in [0.4, 0.5) is 0 Å². The summed E-state index contributed by atoms with van der Waals surface area (Å²) in [6.45, 7) is 0. The van der Waals surface area contributed by atoms with Crippen molar-refractivity contribution in [3.05, 3.63) is 34.9 Å². The summed E-state index contributed by atoms with van der Waals surface area (Å²) in [5.74, 6) is -1.12. The van der Waals surface area contributed by atoms with Gasteiger partial charge in [0.25, 0.3) is 0 Å². The molecule has 2 aliphatic carbocycles. The van der Waals surface area contributed by atoms with Gasteiger partial charge in [0.2, 0.25) is 5.91 Å². The minimum absolute atomic E-state index is 0.123. The number of carbonyl (C=O) groups is 2. The fourth-order valence-corrected chi connectivity index (χ4v) is 2.73. The highest BCUT2D eigenvalue weighted by molar-refractivity contribution is 6.31. The molecule has 2 N–H and O–H groups in total. The molecule has 0 spiro atoms. The highest BCUT2D eigenvalue weighted by atomic mass is 35.5. The minimum atomic E-state index is -0.995. The van der Waals surface area contributed by atoms with Crippen LogP contribution in [0.3, 0.4) is 0 Å². The van der Waals surface area contributed by atoms with Gasteiger partial charge < -0.3 is 10.4 Å². The molecule has 0 saturated heterocycles. The molecule has 0 heterocycles. The zero-order valence-electron chi connectivity index (χ0n) is 10.2. The number of hydrogen-bond donors (Lipinski definition) is 2. The number of carboxylic acid groups (broad SMARTS) is 1. The van der Waals surface area contributed by atoms with Crippen LogP contribution in [-0.2, 0) is 9.59 Å². The van der Waals surface area contributed by atoms with Crippen LogP contribution in [-0.4, -0.2) is 22.5 Å². The van der Waals surface area contributed by atoms with Crippen LogP contribution in [0, 0.1) is 5.92 Å². The van der Waals surface area contributed by atoms with E-state index in [4.69, 9.17) is 16.7 Å². The zero-order valence-corrected chi connectivity index (χ0v) is 11.0. The molecule has 0 radical (unpaired) electrons. The molecule has 0 unspecified atom stereocenters. The number of amides is 1. The molecule has 2 aliphatic rings. The number of benzene rings is 1. The zero-order chi connectivity index (χ0) is 13.6. The van der Waals surface area contributed by atoms with E-state index >= 15 is 0 Å². The van der Waals surface area contributed by atoms with Gasteiger partial charge >= 0.3 is 5.97 Å². The topological polar surface area (TPSA) is 66.4 Å². The lowest BCUT2D eigenvalue weighted by Crippen LogP contribution is -2.43. The van der Waals surface area contributed by atoms with E-state index in [0.29, 0.717) is 17.9 Å². The molecule has 19 heavy (non-hydrogen) atoms. The van der Waals surface area contributed by atoms with Crippen molar-refractivity contribution in [3.63, 3.8) is 0 Å². The Labute approximate surface area is 115 Å². The number of hydrogen-bond acceptors (Lipinski definition) is 2. The lowest BCUT2D eigenvalue weighted by atomic mass is 10.1. The first-order valence-electron chi connectivity index (χ1n) is 6.33. The van der Waals surface area contributed by atoms with Gasteiger partial charge in [-0.3, -0.25) is 4.79 Å². The molecule has 4 nitrogen and oxygen atoms in total. The second kappa shape index (κ2) is 4.23. The van der Waals surface area contributed by atoms with E-state index in [1.165, 1.54) is 0 Å². The Kier molecular flexibility index (Phi) is 2.78. The summed E-state index contributed by atoms with van der Waals surface area (Å²) in [5.41, 5.74) is -0.0190. The largest absolute Gasteiger partial charge is 0.480 e. The van der Waals surface area contributed by atoms with Crippen LogP contribution >= 0.6 is 11.6 Å². The third kappa shape index (κ3) is 2.21. The van der Waals surface area contributed by atoms with E-state index in [1.807, 2.05) is 24.3 Å². The Morgan fingerprint density at radius 2 is 2.00 bits per heavy atom.